The van der Waals surface area contributed by atoms with Crippen LogP contribution in [0.25, 0.3) is 0 Å². The van der Waals surface area contributed by atoms with Crippen LogP contribution in [0.2, 0.25) is 0 Å². The number of aromatic nitrogens is 1. The summed E-state index contributed by atoms with van der Waals surface area (Å²) in [5.74, 6) is -0.718. The van der Waals surface area contributed by atoms with Gasteiger partial charge < -0.3 is 15.0 Å². The van der Waals surface area contributed by atoms with Crippen molar-refractivity contribution < 1.29 is 19.1 Å². The highest BCUT2D eigenvalue weighted by molar-refractivity contribution is 5.93. The summed E-state index contributed by atoms with van der Waals surface area (Å²) >= 11 is 0. The van der Waals surface area contributed by atoms with Crippen LogP contribution in [0.4, 0.5) is 5.69 Å². The number of pyridine rings is 1. The highest BCUT2D eigenvalue weighted by atomic mass is 16.5. The molecule has 7 heteroatoms. The number of esters is 1. The number of amides is 2. The van der Waals surface area contributed by atoms with Crippen molar-refractivity contribution in [1.29, 1.82) is 0 Å². The van der Waals surface area contributed by atoms with Crippen molar-refractivity contribution in [3.63, 3.8) is 0 Å². The number of ether oxygens (including phenoxy) is 1. The number of carbonyl (C=O) groups is 3. The van der Waals surface area contributed by atoms with Crippen molar-refractivity contribution in [2.45, 2.75) is 26.8 Å². The van der Waals surface area contributed by atoms with Gasteiger partial charge in [0.05, 0.1) is 12.2 Å². The zero-order valence-corrected chi connectivity index (χ0v) is 15.5. The van der Waals surface area contributed by atoms with Crippen LogP contribution in [0.15, 0.2) is 48.8 Å². The Morgan fingerprint density at radius 3 is 2.48 bits per heavy atom. The minimum Gasteiger partial charge on any atom is -0.462 e. The van der Waals surface area contributed by atoms with Crippen LogP contribution in [-0.2, 0) is 20.9 Å². The van der Waals surface area contributed by atoms with E-state index in [1.54, 1.807) is 54.5 Å². The van der Waals surface area contributed by atoms with Crippen LogP contribution in [0.5, 0.6) is 0 Å². The summed E-state index contributed by atoms with van der Waals surface area (Å²) in [5, 5.41) is 2.76. The monoisotopic (exact) mass is 369 g/mol. The van der Waals surface area contributed by atoms with E-state index in [0.29, 0.717) is 30.9 Å². The Kier molecular flexibility index (Phi) is 7.49. The summed E-state index contributed by atoms with van der Waals surface area (Å²) in [6.45, 7) is 4.23. The maximum Gasteiger partial charge on any atom is 0.338 e. The third-order valence-electron chi connectivity index (χ3n) is 3.83. The second-order valence-corrected chi connectivity index (χ2v) is 5.90. The minimum atomic E-state index is -0.400. The molecular formula is C20H23N3O4. The van der Waals surface area contributed by atoms with Crippen LogP contribution in [0.1, 0.15) is 36.2 Å². The minimum absolute atomic E-state index is 0.106. The first-order valence-electron chi connectivity index (χ1n) is 8.71. The van der Waals surface area contributed by atoms with E-state index < -0.39 is 5.97 Å². The summed E-state index contributed by atoms with van der Waals surface area (Å²) in [6, 6.07) is 10.2. The quantitative estimate of drug-likeness (QED) is 0.723. The summed E-state index contributed by atoms with van der Waals surface area (Å²) in [5.41, 5.74) is 1.91. The lowest BCUT2D eigenvalue weighted by Crippen LogP contribution is -2.31. The zero-order valence-electron chi connectivity index (χ0n) is 15.5. The fourth-order valence-corrected chi connectivity index (χ4v) is 2.42. The van der Waals surface area contributed by atoms with Gasteiger partial charge in [-0.05, 0) is 42.8 Å². The van der Waals surface area contributed by atoms with Gasteiger partial charge in [-0.2, -0.15) is 0 Å². The van der Waals surface area contributed by atoms with E-state index in [2.05, 4.69) is 10.3 Å². The van der Waals surface area contributed by atoms with Gasteiger partial charge in [-0.25, -0.2) is 4.79 Å². The molecule has 0 aliphatic rings. The topological polar surface area (TPSA) is 88.6 Å². The summed E-state index contributed by atoms with van der Waals surface area (Å²) in [6.07, 6.45) is 3.53. The Morgan fingerprint density at radius 1 is 1.15 bits per heavy atom. The van der Waals surface area contributed by atoms with Gasteiger partial charge in [0.2, 0.25) is 11.8 Å². The zero-order chi connectivity index (χ0) is 19.6. The number of carbonyl (C=O) groups excluding carboxylic acids is 3. The molecule has 0 bridgehead atoms. The molecule has 1 aromatic carbocycles. The van der Waals surface area contributed by atoms with Gasteiger partial charge in [-0.15, -0.1) is 0 Å². The number of anilines is 1. The molecule has 0 radical (unpaired) electrons. The smallest absolute Gasteiger partial charge is 0.338 e. The van der Waals surface area contributed by atoms with Crippen LogP contribution in [-0.4, -0.2) is 40.8 Å². The van der Waals surface area contributed by atoms with Gasteiger partial charge in [0.15, 0.2) is 0 Å². The summed E-state index contributed by atoms with van der Waals surface area (Å²) in [7, 11) is 0. The van der Waals surface area contributed by atoms with Crippen molar-refractivity contribution in [1.82, 2.24) is 9.88 Å². The van der Waals surface area contributed by atoms with Crippen LogP contribution in [0.3, 0.4) is 0 Å². The third-order valence-corrected chi connectivity index (χ3v) is 3.83. The molecule has 1 N–H and O–H groups in total. The van der Waals surface area contributed by atoms with Crippen molar-refractivity contribution in [3.8, 4) is 0 Å². The average molecular weight is 369 g/mol. The number of hydrogen-bond donors (Lipinski definition) is 1. The van der Waals surface area contributed by atoms with E-state index in [1.165, 1.54) is 6.92 Å². The lowest BCUT2D eigenvalue weighted by atomic mass is 10.2. The van der Waals surface area contributed by atoms with Gasteiger partial charge >= 0.3 is 5.97 Å². The first kappa shape index (κ1) is 20.1. The molecule has 1 aromatic heterocycles. The Bertz CT molecular complexity index is 776. The average Bonchev–Trinajstić information content (AvgIpc) is 2.66. The van der Waals surface area contributed by atoms with Gasteiger partial charge in [0, 0.05) is 44.5 Å². The molecule has 0 fully saturated rings. The number of rotatable bonds is 8. The maximum absolute atomic E-state index is 12.2. The number of nitrogens with one attached hydrogen (secondary N) is 1. The second-order valence-electron chi connectivity index (χ2n) is 5.90. The molecule has 0 saturated heterocycles. The highest BCUT2D eigenvalue weighted by Crippen LogP contribution is 2.11. The molecule has 2 aromatic rings. The third kappa shape index (κ3) is 6.54. The van der Waals surface area contributed by atoms with Crippen LogP contribution in [0, 0.1) is 0 Å². The Hall–Kier alpha value is -3.22. The van der Waals surface area contributed by atoms with Gasteiger partial charge in [0.1, 0.15) is 0 Å². The van der Waals surface area contributed by atoms with E-state index in [-0.39, 0.29) is 18.2 Å². The number of benzene rings is 1. The van der Waals surface area contributed by atoms with E-state index in [4.69, 9.17) is 4.74 Å². The van der Waals surface area contributed by atoms with E-state index in [9.17, 15) is 14.4 Å². The molecule has 2 rings (SSSR count). The number of nitrogens with zero attached hydrogens (tertiary/aromatic N) is 2. The molecular weight excluding hydrogens is 346 g/mol. The molecule has 0 atom stereocenters. The molecule has 2 amide bonds. The van der Waals surface area contributed by atoms with Gasteiger partial charge in [-0.3, -0.25) is 14.6 Å². The standard InChI is InChI=1S/C20H23N3O4/c1-3-27-20(26)17-6-8-18(9-7-17)22-19(25)10-12-23(15(2)24)14-16-5-4-11-21-13-16/h4-9,11,13H,3,10,12,14H2,1-2H3,(H,22,25). The van der Waals surface area contributed by atoms with Gasteiger partial charge in [0.25, 0.3) is 0 Å². The van der Waals surface area contributed by atoms with Crippen LogP contribution < -0.4 is 5.32 Å². The fourth-order valence-electron chi connectivity index (χ4n) is 2.42. The van der Waals surface area contributed by atoms with E-state index in [0.717, 1.165) is 5.56 Å². The van der Waals surface area contributed by atoms with Crippen molar-refractivity contribution >= 4 is 23.5 Å². The predicted molar refractivity (Wildman–Crippen MR) is 101 cm³/mol. The Morgan fingerprint density at radius 2 is 1.89 bits per heavy atom. The normalized spacial score (nSPS) is 10.1. The maximum atomic E-state index is 12.2. The molecule has 0 unspecified atom stereocenters. The molecule has 1 heterocycles. The fraction of sp³-hybridized carbons (Fsp3) is 0.300. The lowest BCUT2D eigenvalue weighted by Gasteiger charge is -2.20. The SMILES string of the molecule is CCOC(=O)c1ccc(NC(=O)CCN(Cc2cccnc2)C(C)=O)cc1. The van der Waals surface area contributed by atoms with E-state index in [1.807, 2.05) is 6.07 Å². The summed E-state index contributed by atoms with van der Waals surface area (Å²) in [4.78, 5) is 41.2. The Balaban J connectivity index is 1.86. The lowest BCUT2D eigenvalue weighted by molar-refractivity contribution is -0.129. The van der Waals surface area contributed by atoms with Crippen LogP contribution >= 0.6 is 0 Å². The van der Waals surface area contributed by atoms with Crippen molar-refractivity contribution in [3.05, 3.63) is 59.9 Å². The molecule has 0 spiro atoms. The van der Waals surface area contributed by atoms with Crippen molar-refractivity contribution in [2.24, 2.45) is 0 Å². The molecule has 27 heavy (non-hydrogen) atoms. The number of hydrogen-bond acceptors (Lipinski definition) is 5. The van der Waals surface area contributed by atoms with Gasteiger partial charge in [-0.1, -0.05) is 6.07 Å². The van der Waals surface area contributed by atoms with Crippen molar-refractivity contribution in [2.75, 3.05) is 18.5 Å². The first-order chi connectivity index (χ1) is 13.0. The molecule has 0 saturated carbocycles. The molecule has 7 nitrogen and oxygen atoms in total. The Labute approximate surface area is 158 Å². The first-order valence-corrected chi connectivity index (χ1v) is 8.71. The molecule has 0 aliphatic carbocycles. The summed E-state index contributed by atoms with van der Waals surface area (Å²) < 4.78 is 4.92. The molecule has 0 aliphatic heterocycles. The largest absolute Gasteiger partial charge is 0.462 e. The highest BCUT2D eigenvalue weighted by Gasteiger charge is 2.12. The predicted octanol–water partition coefficient (Wildman–Crippen LogP) is 2.64. The second kappa shape index (κ2) is 10.1. The van der Waals surface area contributed by atoms with E-state index >= 15 is 0 Å². The molecule has 142 valence electrons.